The molecule has 3 aromatic heterocycles. The third-order valence-electron chi connectivity index (χ3n) is 5.94. The highest BCUT2D eigenvalue weighted by atomic mass is 16.6. The van der Waals surface area contributed by atoms with Crippen LogP contribution in [0.15, 0.2) is 36.7 Å². The summed E-state index contributed by atoms with van der Waals surface area (Å²) in [6.45, 7) is 5.89. The highest BCUT2D eigenvalue weighted by molar-refractivity contribution is 5.78. The second-order valence-corrected chi connectivity index (χ2v) is 8.15. The monoisotopic (exact) mass is 434 g/mol. The standard InChI is InChI=1S/C24H28N5O3/c1-30-23-3-2-20-24(28-23)18(4-7-26-20)6-9-29-8-5-17(16-29)13-25-14-19-12-21-22(15-27-19)32-11-10-31-21/h2-5,7,12,15,17,25H,6,8-11,13-14,16H2,1H3/t17-/m0/s1. The van der Waals surface area contributed by atoms with Gasteiger partial charge < -0.3 is 24.4 Å². The molecule has 0 aromatic carbocycles. The summed E-state index contributed by atoms with van der Waals surface area (Å²) in [6, 6.07) is 7.85. The van der Waals surface area contributed by atoms with E-state index in [1.165, 1.54) is 5.56 Å². The Morgan fingerprint density at radius 3 is 2.97 bits per heavy atom. The van der Waals surface area contributed by atoms with Gasteiger partial charge in [-0.1, -0.05) is 0 Å². The fourth-order valence-electron chi connectivity index (χ4n) is 4.24. The van der Waals surface area contributed by atoms with Crippen molar-refractivity contribution in [1.29, 1.82) is 0 Å². The number of aromatic nitrogens is 3. The number of fused-ring (bicyclic) bond motifs is 2. The van der Waals surface area contributed by atoms with Gasteiger partial charge >= 0.3 is 0 Å². The minimum atomic E-state index is 0.527. The van der Waals surface area contributed by atoms with Gasteiger partial charge in [0, 0.05) is 44.5 Å². The first-order valence-electron chi connectivity index (χ1n) is 11.1. The predicted molar refractivity (Wildman–Crippen MR) is 121 cm³/mol. The first-order valence-corrected chi connectivity index (χ1v) is 11.1. The maximum Gasteiger partial charge on any atom is 0.213 e. The molecule has 5 rings (SSSR count). The minimum Gasteiger partial charge on any atom is -0.486 e. The Morgan fingerprint density at radius 1 is 1.16 bits per heavy atom. The largest absolute Gasteiger partial charge is 0.486 e. The van der Waals surface area contributed by atoms with Crippen LogP contribution in [0.25, 0.3) is 11.0 Å². The molecular weight excluding hydrogens is 406 g/mol. The second-order valence-electron chi connectivity index (χ2n) is 8.15. The smallest absolute Gasteiger partial charge is 0.213 e. The third kappa shape index (κ3) is 4.76. The molecule has 0 bridgehead atoms. The van der Waals surface area contributed by atoms with E-state index in [-0.39, 0.29) is 0 Å². The summed E-state index contributed by atoms with van der Waals surface area (Å²) in [5, 5.41) is 3.53. The number of likely N-dealkylation sites (tertiary alicyclic amines) is 1. The van der Waals surface area contributed by atoms with Crippen LogP contribution in [0, 0.1) is 12.3 Å². The van der Waals surface area contributed by atoms with Gasteiger partial charge in [0.05, 0.1) is 30.0 Å². The van der Waals surface area contributed by atoms with Crippen LogP contribution in [0.5, 0.6) is 17.4 Å². The SMILES string of the molecule is COc1ccc2nccc(CCN3C[CH][C@@H](CNCc4cc5c(cn4)OCCO5)C3)c2n1. The van der Waals surface area contributed by atoms with E-state index in [1.807, 2.05) is 24.4 Å². The zero-order valence-corrected chi connectivity index (χ0v) is 18.3. The number of nitrogens with one attached hydrogen (secondary N) is 1. The summed E-state index contributed by atoms with van der Waals surface area (Å²) < 4.78 is 16.5. The molecule has 0 aliphatic carbocycles. The van der Waals surface area contributed by atoms with Gasteiger partial charge in [-0.05, 0) is 43.0 Å². The van der Waals surface area contributed by atoms with Crippen molar-refractivity contribution in [3.63, 3.8) is 0 Å². The molecule has 1 saturated heterocycles. The average Bonchev–Trinajstić information content (AvgIpc) is 3.30. The Labute approximate surface area is 187 Å². The molecule has 1 atom stereocenters. The van der Waals surface area contributed by atoms with Crippen molar-refractivity contribution in [2.45, 2.75) is 13.0 Å². The van der Waals surface area contributed by atoms with Crippen LogP contribution >= 0.6 is 0 Å². The van der Waals surface area contributed by atoms with Crippen molar-refractivity contribution in [2.24, 2.45) is 5.92 Å². The van der Waals surface area contributed by atoms with Crippen molar-refractivity contribution in [1.82, 2.24) is 25.2 Å². The lowest BCUT2D eigenvalue weighted by molar-refractivity contribution is 0.170. The summed E-state index contributed by atoms with van der Waals surface area (Å²) >= 11 is 0. The lowest BCUT2D eigenvalue weighted by Gasteiger charge is -2.19. The molecule has 1 radical (unpaired) electrons. The van der Waals surface area contributed by atoms with E-state index in [9.17, 15) is 0 Å². The molecule has 0 unspecified atom stereocenters. The zero-order chi connectivity index (χ0) is 21.8. The predicted octanol–water partition coefficient (Wildman–Crippen LogP) is 2.27. The highest BCUT2D eigenvalue weighted by Crippen LogP contribution is 2.29. The topological polar surface area (TPSA) is 81.6 Å². The van der Waals surface area contributed by atoms with Gasteiger partial charge in [0.2, 0.25) is 5.88 Å². The van der Waals surface area contributed by atoms with Crippen LogP contribution in [0.3, 0.4) is 0 Å². The first kappa shape index (κ1) is 20.9. The van der Waals surface area contributed by atoms with Gasteiger partial charge in [0.15, 0.2) is 11.5 Å². The lowest BCUT2D eigenvalue weighted by Crippen LogP contribution is -2.28. The Balaban J connectivity index is 1.10. The third-order valence-corrected chi connectivity index (χ3v) is 5.94. The van der Waals surface area contributed by atoms with Crippen molar-refractivity contribution >= 4 is 11.0 Å². The molecule has 1 N–H and O–H groups in total. The molecule has 1 fully saturated rings. The molecule has 0 saturated carbocycles. The fourth-order valence-corrected chi connectivity index (χ4v) is 4.24. The Hall–Kier alpha value is -2.97. The average molecular weight is 435 g/mol. The van der Waals surface area contributed by atoms with Crippen LogP contribution in [0.4, 0.5) is 0 Å². The van der Waals surface area contributed by atoms with Crippen LogP contribution in [-0.2, 0) is 13.0 Å². The van der Waals surface area contributed by atoms with Gasteiger partial charge in [0.1, 0.15) is 13.2 Å². The van der Waals surface area contributed by atoms with Crippen molar-refractivity contribution in [3.05, 3.63) is 54.3 Å². The van der Waals surface area contributed by atoms with Crippen LogP contribution in [0.1, 0.15) is 11.3 Å². The molecule has 8 nitrogen and oxygen atoms in total. The van der Waals surface area contributed by atoms with Gasteiger partial charge in [-0.2, -0.15) is 0 Å². The first-order chi connectivity index (χ1) is 15.8. The van der Waals surface area contributed by atoms with Gasteiger partial charge in [0.25, 0.3) is 0 Å². The molecule has 5 heterocycles. The van der Waals surface area contributed by atoms with E-state index in [4.69, 9.17) is 14.2 Å². The minimum absolute atomic E-state index is 0.527. The summed E-state index contributed by atoms with van der Waals surface area (Å²) in [4.78, 5) is 16.0. The maximum atomic E-state index is 5.64. The molecule has 0 spiro atoms. The van der Waals surface area contributed by atoms with Crippen LogP contribution < -0.4 is 19.5 Å². The van der Waals surface area contributed by atoms with Gasteiger partial charge in [-0.25, -0.2) is 4.98 Å². The van der Waals surface area contributed by atoms with Crippen LogP contribution in [-0.4, -0.2) is 66.4 Å². The lowest BCUT2D eigenvalue weighted by atomic mass is 10.1. The normalized spacial score (nSPS) is 18.2. The molecule has 167 valence electrons. The number of ether oxygens (including phenoxy) is 3. The zero-order valence-electron chi connectivity index (χ0n) is 18.3. The molecule has 3 aromatic rings. The number of hydrogen-bond donors (Lipinski definition) is 1. The summed E-state index contributed by atoms with van der Waals surface area (Å²) in [5.41, 5.74) is 4.02. The Bertz CT molecular complexity index is 1080. The van der Waals surface area contributed by atoms with E-state index in [2.05, 4.69) is 37.7 Å². The second kappa shape index (κ2) is 9.67. The molecule has 32 heavy (non-hydrogen) atoms. The molecule has 2 aliphatic heterocycles. The Kier molecular flexibility index (Phi) is 6.31. The number of rotatable bonds is 8. The fraction of sp³-hybridized carbons (Fsp3) is 0.417. The van der Waals surface area contributed by atoms with Crippen molar-refractivity contribution in [3.8, 4) is 17.4 Å². The van der Waals surface area contributed by atoms with Crippen molar-refractivity contribution in [2.75, 3.05) is 46.5 Å². The van der Waals surface area contributed by atoms with E-state index in [0.29, 0.717) is 25.0 Å². The molecular formula is C24H28N5O3. The summed E-state index contributed by atoms with van der Waals surface area (Å²) in [5.74, 6) is 2.67. The quantitative estimate of drug-likeness (QED) is 0.578. The van der Waals surface area contributed by atoms with E-state index in [1.54, 1.807) is 13.3 Å². The summed E-state index contributed by atoms with van der Waals surface area (Å²) in [7, 11) is 1.64. The number of methoxy groups -OCH3 is 1. The van der Waals surface area contributed by atoms with Crippen LogP contribution in [0.2, 0.25) is 0 Å². The van der Waals surface area contributed by atoms with Crippen molar-refractivity contribution < 1.29 is 14.2 Å². The van der Waals surface area contributed by atoms with E-state index >= 15 is 0 Å². The Morgan fingerprint density at radius 2 is 2.06 bits per heavy atom. The van der Waals surface area contributed by atoms with E-state index < -0.39 is 0 Å². The maximum absolute atomic E-state index is 5.64. The number of hydrogen-bond acceptors (Lipinski definition) is 8. The summed E-state index contributed by atoms with van der Waals surface area (Å²) in [6.07, 6.45) is 6.95. The molecule has 2 aliphatic rings. The molecule has 0 amide bonds. The highest BCUT2D eigenvalue weighted by Gasteiger charge is 2.22. The van der Waals surface area contributed by atoms with Gasteiger partial charge in [-0.15, -0.1) is 0 Å². The number of nitrogens with zero attached hydrogens (tertiary/aromatic N) is 4. The van der Waals surface area contributed by atoms with Gasteiger partial charge in [-0.3, -0.25) is 9.97 Å². The van der Waals surface area contributed by atoms with E-state index in [0.717, 1.165) is 67.4 Å². The number of pyridine rings is 3. The molecule has 8 heteroatoms.